The van der Waals surface area contributed by atoms with E-state index >= 15 is 0 Å². The Bertz CT molecular complexity index is 450. The van der Waals surface area contributed by atoms with Crippen LogP contribution in [0, 0.1) is 10.1 Å². The lowest BCUT2D eigenvalue weighted by Crippen LogP contribution is -2.37. The molecule has 0 amide bonds. The van der Waals surface area contributed by atoms with Gasteiger partial charge < -0.3 is 10.2 Å². The van der Waals surface area contributed by atoms with E-state index in [1.54, 1.807) is 0 Å². The van der Waals surface area contributed by atoms with Crippen LogP contribution in [0.4, 0.5) is 5.69 Å². The minimum Gasteiger partial charge on any atom is -0.508 e. The monoisotopic (exact) mass is 252 g/mol. The second-order valence-electron chi connectivity index (χ2n) is 4.60. The Morgan fingerprint density at radius 3 is 2.94 bits per heavy atom. The van der Waals surface area contributed by atoms with Crippen LogP contribution in [0.5, 0.6) is 5.75 Å². The standard InChI is InChI=1S/C12H16N2O4/c15-11-2-1-5-13(8-11)7-9-6-10(14(17)18)3-4-12(9)16/h3-4,6,11,15-16H,1-2,5,7-8H2. The highest BCUT2D eigenvalue weighted by Gasteiger charge is 2.19. The van der Waals surface area contributed by atoms with Crippen molar-refractivity contribution in [3.8, 4) is 5.75 Å². The summed E-state index contributed by atoms with van der Waals surface area (Å²) in [5.41, 5.74) is 0.499. The van der Waals surface area contributed by atoms with Gasteiger partial charge in [-0.2, -0.15) is 0 Å². The summed E-state index contributed by atoms with van der Waals surface area (Å²) in [4.78, 5) is 12.2. The Morgan fingerprint density at radius 2 is 2.28 bits per heavy atom. The topological polar surface area (TPSA) is 86.8 Å². The van der Waals surface area contributed by atoms with Crippen molar-refractivity contribution in [3.63, 3.8) is 0 Å². The highest BCUT2D eigenvalue weighted by molar-refractivity contribution is 5.42. The maximum absolute atomic E-state index is 10.7. The Hall–Kier alpha value is -1.66. The highest BCUT2D eigenvalue weighted by Crippen LogP contribution is 2.25. The zero-order chi connectivity index (χ0) is 13.1. The number of rotatable bonds is 3. The lowest BCUT2D eigenvalue weighted by atomic mass is 10.1. The molecule has 6 heteroatoms. The van der Waals surface area contributed by atoms with E-state index in [4.69, 9.17) is 0 Å². The van der Waals surface area contributed by atoms with E-state index in [1.807, 2.05) is 4.90 Å². The molecule has 1 saturated heterocycles. The summed E-state index contributed by atoms with van der Waals surface area (Å²) in [5.74, 6) is 0.0562. The number of aliphatic hydroxyl groups is 1. The summed E-state index contributed by atoms with van der Waals surface area (Å²) in [6.45, 7) is 1.80. The first-order valence-corrected chi connectivity index (χ1v) is 5.93. The van der Waals surface area contributed by atoms with Crippen LogP contribution in [0.2, 0.25) is 0 Å². The Labute approximate surface area is 105 Å². The number of hydrogen-bond acceptors (Lipinski definition) is 5. The van der Waals surface area contributed by atoms with Gasteiger partial charge in [-0.3, -0.25) is 15.0 Å². The van der Waals surface area contributed by atoms with Crippen LogP contribution in [0.1, 0.15) is 18.4 Å². The molecule has 1 aromatic carbocycles. The quantitative estimate of drug-likeness (QED) is 0.624. The Morgan fingerprint density at radius 1 is 1.50 bits per heavy atom. The van der Waals surface area contributed by atoms with Gasteiger partial charge in [0.2, 0.25) is 0 Å². The normalized spacial score (nSPS) is 20.8. The van der Waals surface area contributed by atoms with E-state index in [2.05, 4.69) is 0 Å². The number of benzene rings is 1. The number of phenols is 1. The minimum absolute atomic E-state index is 0.0274. The van der Waals surface area contributed by atoms with Crippen molar-refractivity contribution in [2.24, 2.45) is 0 Å². The Balaban J connectivity index is 2.12. The van der Waals surface area contributed by atoms with Gasteiger partial charge in [-0.05, 0) is 25.5 Å². The average Bonchev–Trinajstić information content (AvgIpc) is 2.31. The molecule has 6 nitrogen and oxygen atoms in total. The molecule has 2 rings (SSSR count). The molecular formula is C12H16N2O4. The van der Waals surface area contributed by atoms with Gasteiger partial charge in [0, 0.05) is 30.8 Å². The first-order chi connectivity index (χ1) is 8.56. The van der Waals surface area contributed by atoms with Crippen molar-refractivity contribution in [2.75, 3.05) is 13.1 Å². The van der Waals surface area contributed by atoms with Gasteiger partial charge in [-0.15, -0.1) is 0 Å². The molecule has 98 valence electrons. The molecule has 1 fully saturated rings. The van der Waals surface area contributed by atoms with Crippen LogP contribution in [-0.2, 0) is 6.54 Å². The molecule has 0 aromatic heterocycles. The molecule has 18 heavy (non-hydrogen) atoms. The predicted molar refractivity (Wildman–Crippen MR) is 65.3 cm³/mol. The van der Waals surface area contributed by atoms with E-state index in [1.165, 1.54) is 18.2 Å². The number of aromatic hydroxyl groups is 1. The molecule has 1 atom stereocenters. The number of phenolic OH excluding ortho intramolecular Hbond substituents is 1. The van der Waals surface area contributed by atoms with E-state index in [-0.39, 0.29) is 17.5 Å². The molecule has 0 spiro atoms. The van der Waals surface area contributed by atoms with Gasteiger partial charge in [-0.25, -0.2) is 0 Å². The van der Waals surface area contributed by atoms with Crippen LogP contribution in [0.25, 0.3) is 0 Å². The van der Waals surface area contributed by atoms with E-state index in [0.717, 1.165) is 19.4 Å². The summed E-state index contributed by atoms with van der Waals surface area (Å²) >= 11 is 0. The maximum Gasteiger partial charge on any atom is 0.270 e. The van der Waals surface area contributed by atoms with Crippen molar-refractivity contribution >= 4 is 5.69 Å². The molecule has 0 bridgehead atoms. The summed E-state index contributed by atoms with van der Waals surface area (Å²) in [7, 11) is 0. The molecule has 1 aromatic rings. The summed E-state index contributed by atoms with van der Waals surface area (Å²) in [5, 5.41) is 29.9. The zero-order valence-electron chi connectivity index (χ0n) is 9.95. The summed E-state index contributed by atoms with van der Waals surface area (Å²) in [6, 6.07) is 4.01. The molecular weight excluding hydrogens is 236 g/mol. The SMILES string of the molecule is O=[N+]([O-])c1ccc(O)c(CN2CCCC(O)C2)c1. The van der Waals surface area contributed by atoms with E-state index in [0.29, 0.717) is 18.7 Å². The van der Waals surface area contributed by atoms with E-state index in [9.17, 15) is 20.3 Å². The summed E-state index contributed by atoms with van der Waals surface area (Å²) < 4.78 is 0. The van der Waals surface area contributed by atoms with Crippen molar-refractivity contribution in [1.82, 2.24) is 4.90 Å². The molecule has 0 aliphatic carbocycles. The Kier molecular flexibility index (Phi) is 3.78. The lowest BCUT2D eigenvalue weighted by molar-refractivity contribution is -0.385. The zero-order valence-corrected chi connectivity index (χ0v) is 9.95. The van der Waals surface area contributed by atoms with Crippen LogP contribution < -0.4 is 0 Å². The lowest BCUT2D eigenvalue weighted by Gasteiger charge is -2.30. The second kappa shape index (κ2) is 5.32. The minimum atomic E-state index is -0.478. The van der Waals surface area contributed by atoms with Crippen LogP contribution >= 0.6 is 0 Å². The van der Waals surface area contributed by atoms with E-state index < -0.39 is 4.92 Å². The molecule has 0 saturated carbocycles. The number of hydrogen-bond donors (Lipinski definition) is 2. The van der Waals surface area contributed by atoms with Gasteiger partial charge in [-0.1, -0.05) is 0 Å². The summed E-state index contributed by atoms with van der Waals surface area (Å²) in [6.07, 6.45) is 1.34. The molecule has 2 N–H and O–H groups in total. The van der Waals surface area contributed by atoms with Crippen molar-refractivity contribution in [2.45, 2.75) is 25.5 Å². The van der Waals surface area contributed by atoms with Crippen molar-refractivity contribution < 1.29 is 15.1 Å². The fourth-order valence-electron chi connectivity index (χ4n) is 2.23. The largest absolute Gasteiger partial charge is 0.508 e. The van der Waals surface area contributed by atoms with Crippen molar-refractivity contribution in [1.29, 1.82) is 0 Å². The third-order valence-corrected chi connectivity index (χ3v) is 3.15. The van der Waals surface area contributed by atoms with Crippen LogP contribution in [-0.4, -0.2) is 39.2 Å². The van der Waals surface area contributed by atoms with Gasteiger partial charge in [0.05, 0.1) is 11.0 Å². The number of piperidine rings is 1. The molecule has 1 aliphatic rings. The highest BCUT2D eigenvalue weighted by atomic mass is 16.6. The number of nitro benzene ring substituents is 1. The number of likely N-dealkylation sites (tertiary alicyclic amines) is 1. The molecule has 1 aliphatic heterocycles. The molecule has 0 radical (unpaired) electrons. The predicted octanol–water partition coefficient (Wildman–Crippen LogP) is 1.26. The first-order valence-electron chi connectivity index (χ1n) is 5.93. The van der Waals surface area contributed by atoms with Gasteiger partial charge in [0.25, 0.3) is 5.69 Å². The smallest absolute Gasteiger partial charge is 0.270 e. The van der Waals surface area contributed by atoms with Gasteiger partial charge in [0.15, 0.2) is 0 Å². The third-order valence-electron chi connectivity index (χ3n) is 3.15. The number of nitrogens with zero attached hydrogens (tertiary/aromatic N) is 2. The fraction of sp³-hybridized carbons (Fsp3) is 0.500. The number of nitro groups is 1. The average molecular weight is 252 g/mol. The van der Waals surface area contributed by atoms with Crippen LogP contribution in [0.3, 0.4) is 0 Å². The third kappa shape index (κ3) is 2.96. The van der Waals surface area contributed by atoms with Gasteiger partial charge in [0.1, 0.15) is 5.75 Å². The number of aliphatic hydroxyl groups excluding tert-OH is 1. The number of non-ortho nitro benzene ring substituents is 1. The molecule has 1 unspecified atom stereocenters. The number of β-amino-alcohol motifs (C(OH)–C–C–N with tert-alkyl or cyclic N) is 1. The maximum atomic E-state index is 10.7. The van der Waals surface area contributed by atoms with Crippen molar-refractivity contribution in [3.05, 3.63) is 33.9 Å². The van der Waals surface area contributed by atoms with Crippen LogP contribution in [0.15, 0.2) is 18.2 Å². The second-order valence-corrected chi connectivity index (χ2v) is 4.60. The van der Waals surface area contributed by atoms with Gasteiger partial charge >= 0.3 is 0 Å². The first kappa shape index (κ1) is 12.8. The molecule has 1 heterocycles. The fourth-order valence-corrected chi connectivity index (χ4v) is 2.23.